The summed E-state index contributed by atoms with van der Waals surface area (Å²) in [6, 6.07) is 20.6. The van der Waals surface area contributed by atoms with Gasteiger partial charge in [0.05, 0.1) is 12.2 Å². The van der Waals surface area contributed by atoms with E-state index in [1.165, 1.54) is 4.57 Å². The first-order valence-corrected chi connectivity index (χ1v) is 17.4. The first kappa shape index (κ1) is 37.2. The molecule has 1 saturated heterocycles. The Morgan fingerprint density at radius 1 is 0.843 bits per heavy atom. The Hall–Kier alpha value is -5.09. The number of hydrogen-bond donors (Lipinski definition) is 1. The quantitative estimate of drug-likeness (QED) is 0.226. The highest BCUT2D eigenvalue weighted by Gasteiger charge is 2.25. The Kier molecular flexibility index (Phi) is 11.0. The molecule has 10 nitrogen and oxygen atoms in total. The number of piperazine rings is 1. The highest BCUT2D eigenvalue weighted by atomic mass is 16.6. The molecule has 1 aliphatic heterocycles. The fraction of sp³-hybridized carbons (Fsp3) is 0.390. The van der Waals surface area contributed by atoms with E-state index in [1.54, 1.807) is 30.3 Å². The van der Waals surface area contributed by atoms with Gasteiger partial charge in [-0.3, -0.25) is 24.1 Å². The van der Waals surface area contributed by atoms with Crippen LogP contribution in [0.25, 0.3) is 11.3 Å². The number of rotatable bonds is 8. The van der Waals surface area contributed by atoms with Gasteiger partial charge < -0.3 is 19.5 Å². The SMILES string of the molecule is Cc1c(NC(=O)c2ccc(C(C)(C)C)cc2)cccc1-c1cn(C)c(=O)c(Cc2ccc(C(=O)N3CCN(CC(=O)OC(C)(C)C)CC3)cc2)n1. The topological polar surface area (TPSA) is 114 Å². The summed E-state index contributed by atoms with van der Waals surface area (Å²) < 4.78 is 6.95. The van der Waals surface area contributed by atoms with Crippen LogP contribution in [0.5, 0.6) is 0 Å². The summed E-state index contributed by atoms with van der Waals surface area (Å²) >= 11 is 0. The Morgan fingerprint density at radius 3 is 2.08 bits per heavy atom. The second-order valence-corrected chi connectivity index (χ2v) is 15.3. The molecule has 0 spiro atoms. The van der Waals surface area contributed by atoms with Gasteiger partial charge in [-0.15, -0.1) is 0 Å². The number of hydrogen-bond acceptors (Lipinski definition) is 7. The van der Waals surface area contributed by atoms with Crippen molar-refractivity contribution in [1.82, 2.24) is 19.4 Å². The van der Waals surface area contributed by atoms with Crippen LogP contribution in [0.2, 0.25) is 0 Å². The van der Waals surface area contributed by atoms with Gasteiger partial charge in [0, 0.05) is 68.2 Å². The predicted octanol–water partition coefficient (Wildman–Crippen LogP) is 6.00. The minimum Gasteiger partial charge on any atom is -0.459 e. The molecule has 1 N–H and O–H groups in total. The smallest absolute Gasteiger partial charge is 0.320 e. The summed E-state index contributed by atoms with van der Waals surface area (Å²) in [5, 5.41) is 3.04. The van der Waals surface area contributed by atoms with Crippen molar-refractivity contribution >= 4 is 23.5 Å². The Morgan fingerprint density at radius 2 is 1.47 bits per heavy atom. The Labute approximate surface area is 300 Å². The van der Waals surface area contributed by atoms with Gasteiger partial charge in [0.25, 0.3) is 17.4 Å². The molecule has 0 aliphatic carbocycles. The van der Waals surface area contributed by atoms with E-state index in [-0.39, 0.29) is 35.3 Å². The molecule has 0 atom stereocenters. The van der Waals surface area contributed by atoms with Crippen LogP contribution in [-0.2, 0) is 28.4 Å². The minimum atomic E-state index is -0.529. The lowest BCUT2D eigenvalue weighted by Crippen LogP contribution is -2.50. The summed E-state index contributed by atoms with van der Waals surface area (Å²) in [6.45, 7) is 16.3. The second kappa shape index (κ2) is 15.0. The summed E-state index contributed by atoms with van der Waals surface area (Å²) in [5.74, 6) is -0.537. The van der Waals surface area contributed by atoms with Crippen molar-refractivity contribution in [1.29, 1.82) is 0 Å². The number of carbonyl (C=O) groups is 3. The largest absolute Gasteiger partial charge is 0.459 e. The molecule has 5 rings (SSSR count). The number of anilines is 1. The molecule has 0 bridgehead atoms. The van der Waals surface area contributed by atoms with Crippen molar-refractivity contribution in [3.05, 3.63) is 117 Å². The molecule has 0 saturated carbocycles. The molecule has 2 amide bonds. The van der Waals surface area contributed by atoms with E-state index < -0.39 is 5.60 Å². The average Bonchev–Trinajstić information content (AvgIpc) is 3.07. The molecule has 10 heteroatoms. The second-order valence-electron chi connectivity index (χ2n) is 15.3. The van der Waals surface area contributed by atoms with Crippen LogP contribution in [0.4, 0.5) is 5.69 Å². The maximum atomic E-state index is 13.3. The third kappa shape index (κ3) is 9.38. The van der Waals surface area contributed by atoms with Gasteiger partial charge in [-0.25, -0.2) is 4.98 Å². The number of carbonyl (C=O) groups excluding carboxylic acids is 3. The summed E-state index contributed by atoms with van der Waals surface area (Å²) in [4.78, 5) is 60.4. The number of aryl methyl sites for hydroxylation is 1. The van der Waals surface area contributed by atoms with Crippen molar-refractivity contribution in [2.75, 3.05) is 38.0 Å². The van der Waals surface area contributed by atoms with Crippen molar-refractivity contribution in [3.63, 3.8) is 0 Å². The normalized spacial score (nSPS) is 13.9. The number of aromatic nitrogens is 2. The van der Waals surface area contributed by atoms with Gasteiger partial charge in [0.15, 0.2) is 0 Å². The fourth-order valence-corrected chi connectivity index (χ4v) is 6.08. The number of esters is 1. The maximum absolute atomic E-state index is 13.3. The zero-order chi connectivity index (χ0) is 37.1. The molecule has 268 valence electrons. The third-order valence-corrected chi connectivity index (χ3v) is 9.01. The maximum Gasteiger partial charge on any atom is 0.320 e. The van der Waals surface area contributed by atoms with Crippen LogP contribution in [0.3, 0.4) is 0 Å². The first-order chi connectivity index (χ1) is 24.0. The molecular formula is C41H49N5O5. The van der Waals surface area contributed by atoms with Crippen molar-refractivity contribution in [2.24, 2.45) is 7.05 Å². The van der Waals surface area contributed by atoms with Crippen LogP contribution in [0, 0.1) is 6.92 Å². The van der Waals surface area contributed by atoms with Crippen LogP contribution >= 0.6 is 0 Å². The van der Waals surface area contributed by atoms with Gasteiger partial charge in [0.1, 0.15) is 11.3 Å². The molecule has 51 heavy (non-hydrogen) atoms. The average molecular weight is 692 g/mol. The zero-order valence-corrected chi connectivity index (χ0v) is 31.0. The van der Waals surface area contributed by atoms with Gasteiger partial charge in [-0.1, -0.05) is 57.2 Å². The summed E-state index contributed by atoms with van der Waals surface area (Å²) in [5.41, 5.74) is 5.70. The van der Waals surface area contributed by atoms with E-state index in [2.05, 4.69) is 26.1 Å². The predicted molar refractivity (Wildman–Crippen MR) is 200 cm³/mol. The van der Waals surface area contributed by atoms with Crippen molar-refractivity contribution in [3.8, 4) is 11.3 Å². The Balaban J connectivity index is 1.25. The van der Waals surface area contributed by atoms with E-state index in [0.29, 0.717) is 60.8 Å². The van der Waals surface area contributed by atoms with E-state index in [9.17, 15) is 19.2 Å². The molecule has 3 aromatic carbocycles. The molecule has 1 aliphatic rings. The molecule has 1 aromatic heterocycles. The fourth-order valence-electron chi connectivity index (χ4n) is 6.08. The highest BCUT2D eigenvalue weighted by Crippen LogP contribution is 2.28. The zero-order valence-electron chi connectivity index (χ0n) is 31.0. The molecule has 1 fully saturated rings. The van der Waals surface area contributed by atoms with Crippen molar-refractivity contribution < 1.29 is 19.1 Å². The Bertz CT molecular complexity index is 1960. The first-order valence-electron chi connectivity index (χ1n) is 17.4. The number of benzene rings is 3. The van der Waals surface area contributed by atoms with E-state index >= 15 is 0 Å². The van der Waals surface area contributed by atoms with Crippen LogP contribution in [-0.4, -0.2) is 75.5 Å². The molecule has 0 radical (unpaired) electrons. The number of nitrogens with zero attached hydrogens (tertiary/aromatic N) is 4. The molecular weight excluding hydrogens is 642 g/mol. The van der Waals surface area contributed by atoms with Gasteiger partial charge in [-0.2, -0.15) is 0 Å². The van der Waals surface area contributed by atoms with E-state index in [1.807, 2.05) is 87.2 Å². The highest BCUT2D eigenvalue weighted by molar-refractivity contribution is 6.05. The standard InChI is InChI=1S/C41H49N5O5/c1-27-32(10-9-11-33(27)43-37(48)29-16-18-31(19-17-29)40(2,3)4)35-25-44(8)39(50)34(42-35)24-28-12-14-30(15-13-28)38(49)46-22-20-45(21-23-46)26-36(47)51-41(5,6)7/h9-19,25H,20-24,26H2,1-8H3,(H,43,48). The van der Waals surface area contributed by atoms with E-state index in [0.717, 1.165) is 22.3 Å². The van der Waals surface area contributed by atoms with Crippen LogP contribution in [0.15, 0.2) is 77.7 Å². The molecule has 2 heterocycles. The van der Waals surface area contributed by atoms with Gasteiger partial charge >= 0.3 is 5.97 Å². The van der Waals surface area contributed by atoms with Gasteiger partial charge in [0.2, 0.25) is 0 Å². The van der Waals surface area contributed by atoms with Crippen LogP contribution < -0.4 is 10.9 Å². The lowest BCUT2D eigenvalue weighted by atomic mass is 9.86. The van der Waals surface area contributed by atoms with Crippen molar-refractivity contribution in [2.45, 2.75) is 65.9 Å². The van der Waals surface area contributed by atoms with Gasteiger partial charge in [-0.05, 0) is 80.1 Å². The monoisotopic (exact) mass is 691 g/mol. The summed E-state index contributed by atoms with van der Waals surface area (Å²) in [6.07, 6.45) is 2.00. The molecule has 4 aromatic rings. The number of ether oxygens (including phenoxy) is 1. The lowest BCUT2D eigenvalue weighted by molar-refractivity contribution is -0.156. The lowest BCUT2D eigenvalue weighted by Gasteiger charge is -2.34. The van der Waals surface area contributed by atoms with E-state index in [4.69, 9.17) is 9.72 Å². The third-order valence-electron chi connectivity index (χ3n) is 9.01. The number of amides is 2. The number of nitrogens with one attached hydrogen (secondary N) is 1. The molecule has 0 unspecified atom stereocenters. The summed E-state index contributed by atoms with van der Waals surface area (Å²) in [7, 11) is 1.70. The minimum absolute atomic E-state index is 0.00593. The van der Waals surface area contributed by atoms with Crippen LogP contribution in [0.1, 0.15) is 84.6 Å².